The molecule has 7 heteroatoms. The van der Waals surface area contributed by atoms with Gasteiger partial charge < -0.3 is 15.5 Å². The van der Waals surface area contributed by atoms with Gasteiger partial charge in [-0.1, -0.05) is 18.2 Å². The Morgan fingerprint density at radius 3 is 2.59 bits per heavy atom. The van der Waals surface area contributed by atoms with E-state index < -0.39 is 17.8 Å². The molecule has 0 unspecified atom stereocenters. The molecule has 2 aromatic carbocycles. The summed E-state index contributed by atoms with van der Waals surface area (Å²) in [5, 5.41) is 5.46. The van der Waals surface area contributed by atoms with Gasteiger partial charge in [-0.2, -0.15) is 0 Å². The molecule has 1 aliphatic rings. The predicted octanol–water partition coefficient (Wildman–Crippen LogP) is 2.10. The SMILES string of the molecule is Cc1ccccc1NC(=O)C[C@H]1C(=O)NCCN1C(=O)c1ccc(F)cc1. The van der Waals surface area contributed by atoms with Crippen molar-refractivity contribution in [3.05, 3.63) is 65.5 Å². The summed E-state index contributed by atoms with van der Waals surface area (Å²) in [4.78, 5) is 38.9. The zero-order valence-electron chi connectivity index (χ0n) is 14.9. The number of nitrogens with one attached hydrogen (secondary N) is 2. The van der Waals surface area contributed by atoms with Gasteiger partial charge in [0.2, 0.25) is 11.8 Å². The van der Waals surface area contributed by atoms with E-state index in [4.69, 9.17) is 0 Å². The van der Waals surface area contributed by atoms with E-state index in [1.165, 1.54) is 29.2 Å². The van der Waals surface area contributed by atoms with E-state index in [1.807, 2.05) is 19.1 Å². The summed E-state index contributed by atoms with van der Waals surface area (Å²) >= 11 is 0. The predicted molar refractivity (Wildman–Crippen MR) is 98.7 cm³/mol. The van der Waals surface area contributed by atoms with Crippen LogP contribution in [0, 0.1) is 12.7 Å². The van der Waals surface area contributed by atoms with E-state index >= 15 is 0 Å². The van der Waals surface area contributed by atoms with Crippen molar-refractivity contribution in [3.63, 3.8) is 0 Å². The number of halogens is 1. The molecule has 0 aromatic heterocycles. The second kappa shape index (κ2) is 7.99. The van der Waals surface area contributed by atoms with Crippen LogP contribution in [-0.2, 0) is 9.59 Å². The highest BCUT2D eigenvalue weighted by Crippen LogP contribution is 2.17. The van der Waals surface area contributed by atoms with Crippen molar-refractivity contribution in [2.24, 2.45) is 0 Å². The molecule has 2 N–H and O–H groups in total. The monoisotopic (exact) mass is 369 g/mol. The number of aryl methyl sites for hydroxylation is 1. The van der Waals surface area contributed by atoms with Gasteiger partial charge in [-0.3, -0.25) is 14.4 Å². The van der Waals surface area contributed by atoms with E-state index in [2.05, 4.69) is 10.6 Å². The molecule has 0 saturated carbocycles. The number of nitrogens with zero attached hydrogens (tertiary/aromatic N) is 1. The number of hydrogen-bond acceptors (Lipinski definition) is 3. The third-order valence-electron chi connectivity index (χ3n) is 4.48. The molecule has 1 heterocycles. The number of anilines is 1. The second-order valence-corrected chi connectivity index (χ2v) is 6.38. The standard InChI is InChI=1S/C20H20FN3O3/c1-13-4-2-3-5-16(13)23-18(25)12-17-19(26)22-10-11-24(17)20(27)14-6-8-15(21)9-7-14/h2-9,17H,10-12H2,1H3,(H,22,26)(H,23,25)/t17-/m0/s1. The Labute approximate surface area is 156 Å². The summed E-state index contributed by atoms with van der Waals surface area (Å²) in [6.07, 6.45) is -0.160. The van der Waals surface area contributed by atoms with Crippen LogP contribution >= 0.6 is 0 Å². The molecular formula is C20H20FN3O3. The van der Waals surface area contributed by atoms with Gasteiger partial charge >= 0.3 is 0 Å². The third-order valence-corrected chi connectivity index (χ3v) is 4.48. The van der Waals surface area contributed by atoms with E-state index in [0.717, 1.165) is 5.56 Å². The highest BCUT2D eigenvalue weighted by atomic mass is 19.1. The first-order valence-electron chi connectivity index (χ1n) is 8.65. The lowest BCUT2D eigenvalue weighted by Gasteiger charge is -2.34. The Balaban J connectivity index is 1.75. The van der Waals surface area contributed by atoms with Crippen molar-refractivity contribution >= 4 is 23.4 Å². The molecule has 3 rings (SSSR count). The maximum Gasteiger partial charge on any atom is 0.254 e. The number of benzene rings is 2. The van der Waals surface area contributed by atoms with Gasteiger partial charge in [0, 0.05) is 24.3 Å². The van der Waals surface area contributed by atoms with Crippen LogP contribution in [0.2, 0.25) is 0 Å². The van der Waals surface area contributed by atoms with E-state index in [9.17, 15) is 18.8 Å². The Bertz CT molecular complexity index is 867. The van der Waals surface area contributed by atoms with Crippen molar-refractivity contribution in [1.82, 2.24) is 10.2 Å². The van der Waals surface area contributed by atoms with Gasteiger partial charge in [0.15, 0.2) is 0 Å². The number of rotatable bonds is 4. The first-order valence-corrected chi connectivity index (χ1v) is 8.65. The molecule has 1 aliphatic heterocycles. The van der Waals surface area contributed by atoms with Gasteiger partial charge in [-0.05, 0) is 42.8 Å². The van der Waals surface area contributed by atoms with Crippen molar-refractivity contribution in [1.29, 1.82) is 0 Å². The smallest absolute Gasteiger partial charge is 0.254 e. The van der Waals surface area contributed by atoms with Gasteiger partial charge in [-0.15, -0.1) is 0 Å². The molecule has 1 saturated heterocycles. The summed E-state index contributed by atoms with van der Waals surface area (Å²) in [7, 11) is 0. The van der Waals surface area contributed by atoms with Gasteiger partial charge in [-0.25, -0.2) is 4.39 Å². The first kappa shape index (κ1) is 18.6. The summed E-state index contributed by atoms with van der Waals surface area (Å²) in [6, 6.07) is 11.5. The quantitative estimate of drug-likeness (QED) is 0.866. The topological polar surface area (TPSA) is 78.5 Å². The first-order chi connectivity index (χ1) is 13.0. The second-order valence-electron chi connectivity index (χ2n) is 6.38. The van der Waals surface area contributed by atoms with Crippen molar-refractivity contribution < 1.29 is 18.8 Å². The van der Waals surface area contributed by atoms with Crippen LogP contribution in [0.15, 0.2) is 48.5 Å². The van der Waals surface area contributed by atoms with Crippen LogP contribution in [0.4, 0.5) is 10.1 Å². The number of amides is 3. The molecule has 6 nitrogen and oxygen atoms in total. The minimum Gasteiger partial charge on any atom is -0.353 e. The number of carbonyl (C=O) groups is 3. The van der Waals surface area contributed by atoms with Crippen molar-refractivity contribution in [2.75, 3.05) is 18.4 Å². The van der Waals surface area contributed by atoms with Crippen LogP contribution in [0.1, 0.15) is 22.3 Å². The van der Waals surface area contributed by atoms with Crippen LogP contribution < -0.4 is 10.6 Å². The minimum atomic E-state index is -0.916. The third kappa shape index (κ3) is 4.31. The van der Waals surface area contributed by atoms with E-state index in [-0.39, 0.29) is 30.3 Å². The number of hydrogen-bond donors (Lipinski definition) is 2. The Morgan fingerprint density at radius 1 is 1.19 bits per heavy atom. The lowest BCUT2D eigenvalue weighted by molar-refractivity contribution is -0.131. The Morgan fingerprint density at radius 2 is 1.89 bits per heavy atom. The van der Waals surface area contributed by atoms with Gasteiger partial charge in [0.25, 0.3) is 5.91 Å². The van der Waals surface area contributed by atoms with Crippen LogP contribution in [-0.4, -0.2) is 41.8 Å². The zero-order valence-corrected chi connectivity index (χ0v) is 14.9. The fourth-order valence-corrected chi connectivity index (χ4v) is 3.01. The Kier molecular flexibility index (Phi) is 5.49. The van der Waals surface area contributed by atoms with Crippen LogP contribution in [0.5, 0.6) is 0 Å². The molecule has 1 fully saturated rings. The minimum absolute atomic E-state index is 0.160. The summed E-state index contributed by atoms with van der Waals surface area (Å²) in [5.74, 6) is -1.59. The Hall–Kier alpha value is -3.22. The van der Waals surface area contributed by atoms with Crippen molar-refractivity contribution in [2.45, 2.75) is 19.4 Å². The highest BCUT2D eigenvalue weighted by Gasteiger charge is 2.35. The molecule has 140 valence electrons. The molecular weight excluding hydrogens is 349 g/mol. The summed E-state index contributed by atoms with van der Waals surface area (Å²) in [5.41, 5.74) is 1.84. The normalized spacial score (nSPS) is 16.6. The van der Waals surface area contributed by atoms with Crippen molar-refractivity contribution in [3.8, 4) is 0 Å². The molecule has 27 heavy (non-hydrogen) atoms. The zero-order chi connectivity index (χ0) is 19.4. The van der Waals surface area contributed by atoms with Crippen LogP contribution in [0.3, 0.4) is 0 Å². The molecule has 3 amide bonds. The van der Waals surface area contributed by atoms with E-state index in [1.54, 1.807) is 12.1 Å². The highest BCUT2D eigenvalue weighted by molar-refractivity contribution is 6.01. The fourth-order valence-electron chi connectivity index (χ4n) is 3.01. The average molecular weight is 369 g/mol. The molecule has 2 aromatic rings. The maximum absolute atomic E-state index is 13.1. The summed E-state index contributed by atoms with van der Waals surface area (Å²) in [6.45, 7) is 2.46. The van der Waals surface area contributed by atoms with Gasteiger partial charge in [0.1, 0.15) is 11.9 Å². The number of piperazine rings is 1. The molecule has 0 radical (unpaired) electrons. The lowest BCUT2D eigenvalue weighted by atomic mass is 10.1. The fraction of sp³-hybridized carbons (Fsp3) is 0.250. The maximum atomic E-state index is 13.1. The molecule has 0 bridgehead atoms. The lowest BCUT2D eigenvalue weighted by Crippen LogP contribution is -2.58. The van der Waals surface area contributed by atoms with Crippen LogP contribution in [0.25, 0.3) is 0 Å². The summed E-state index contributed by atoms with van der Waals surface area (Å²) < 4.78 is 13.1. The molecule has 0 spiro atoms. The molecule has 0 aliphatic carbocycles. The van der Waals surface area contributed by atoms with Gasteiger partial charge in [0.05, 0.1) is 6.42 Å². The largest absolute Gasteiger partial charge is 0.353 e. The number of carbonyl (C=O) groups excluding carboxylic acids is 3. The molecule has 1 atom stereocenters. The average Bonchev–Trinajstić information content (AvgIpc) is 2.65. The number of para-hydroxylation sites is 1. The van der Waals surface area contributed by atoms with E-state index in [0.29, 0.717) is 12.2 Å².